The fraction of sp³-hybridized carbons (Fsp3) is 0.250. The Balaban J connectivity index is 3.39. The molecular formula is C8H9BrN2O4S. The Labute approximate surface area is 101 Å². The number of nitro benzene ring substituents is 1. The minimum absolute atomic E-state index is 0.176. The first kappa shape index (κ1) is 13.1. The molecule has 0 atom stereocenters. The summed E-state index contributed by atoms with van der Waals surface area (Å²) in [6.45, 7) is 1.78. The normalized spacial score (nSPS) is 11.4. The van der Waals surface area contributed by atoms with Gasteiger partial charge >= 0.3 is 0 Å². The molecule has 16 heavy (non-hydrogen) atoms. The molecule has 0 fully saturated rings. The molecule has 6 nitrogen and oxygen atoms in total. The molecule has 0 heterocycles. The minimum Gasteiger partial charge on any atom is -0.258 e. The molecule has 1 aromatic carbocycles. The molecular weight excluding hydrogens is 300 g/mol. The van der Waals surface area contributed by atoms with Crippen LogP contribution in [-0.2, 0) is 10.0 Å². The molecule has 1 rings (SSSR count). The van der Waals surface area contributed by atoms with E-state index in [1.165, 1.54) is 12.1 Å². The molecule has 0 radical (unpaired) electrons. The number of halogens is 1. The molecule has 0 aliphatic carbocycles. The minimum atomic E-state index is -3.82. The lowest BCUT2D eigenvalue weighted by molar-refractivity contribution is -0.387. The highest BCUT2D eigenvalue weighted by atomic mass is 79.9. The zero-order chi connectivity index (χ0) is 12.3. The van der Waals surface area contributed by atoms with Crippen LogP contribution in [0.5, 0.6) is 0 Å². The van der Waals surface area contributed by atoms with Crippen LogP contribution in [0.15, 0.2) is 27.6 Å². The molecule has 0 bridgehead atoms. The maximum Gasteiger partial charge on any atom is 0.290 e. The van der Waals surface area contributed by atoms with Gasteiger partial charge in [-0.2, -0.15) is 0 Å². The van der Waals surface area contributed by atoms with E-state index in [2.05, 4.69) is 20.7 Å². The van der Waals surface area contributed by atoms with Gasteiger partial charge in [0.1, 0.15) is 0 Å². The Kier molecular flexibility index (Phi) is 4.00. The topological polar surface area (TPSA) is 89.3 Å². The highest BCUT2D eigenvalue weighted by Gasteiger charge is 2.24. The second-order valence-corrected chi connectivity index (χ2v) is 5.52. The van der Waals surface area contributed by atoms with E-state index >= 15 is 0 Å². The summed E-state index contributed by atoms with van der Waals surface area (Å²) in [5.41, 5.74) is -0.449. The van der Waals surface area contributed by atoms with E-state index in [4.69, 9.17) is 0 Å². The second-order valence-electron chi connectivity index (χ2n) is 2.87. The maximum atomic E-state index is 11.6. The van der Waals surface area contributed by atoms with Crippen molar-refractivity contribution in [2.24, 2.45) is 0 Å². The van der Waals surface area contributed by atoms with E-state index in [0.717, 1.165) is 6.07 Å². The van der Waals surface area contributed by atoms with E-state index in [1.54, 1.807) is 6.92 Å². The number of benzene rings is 1. The predicted octanol–water partition coefficient (Wildman–Crippen LogP) is 1.66. The lowest BCUT2D eigenvalue weighted by atomic mass is 10.3. The number of hydrogen-bond acceptors (Lipinski definition) is 4. The Morgan fingerprint density at radius 3 is 2.62 bits per heavy atom. The van der Waals surface area contributed by atoms with Crippen molar-refractivity contribution in [3.63, 3.8) is 0 Å². The van der Waals surface area contributed by atoms with Gasteiger partial charge in [-0.1, -0.05) is 22.9 Å². The standard InChI is InChI=1S/C8H9BrN2O4S/c1-2-10-16(14,15)8-4-3-6(9)5-7(8)11(12)13/h3-5,10H,2H2,1H3. The number of hydrogen-bond donors (Lipinski definition) is 1. The molecule has 0 saturated heterocycles. The van der Waals surface area contributed by atoms with Crippen molar-refractivity contribution in [3.05, 3.63) is 32.8 Å². The van der Waals surface area contributed by atoms with E-state index in [-0.39, 0.29) is 11.4 Å². The Morgan fingerprint density at radius 1 is 1.50 bits per heavy atom. The van der Waals surface area contributed by atoms with Crippen LogP contribution >= 0.6 is 15.9 Å². The van der Waals surface area contributed by atoms with Crippen LogP contribution in [0.3, 0.4) is 0 Å². The highest BCUT2D eigenvalue weighted by molar-refractivity contribution is 9.10. The summed E-state index contributed by atoms with van der Waals surface area (Å²) in [5.74, 6) is 0. The summed E-state index contributed by atoms with van der Waals surface area (Å²) < 4.78 is 25.9. The Bertz CT molecular complexity index is 515. The first-order valence-electron chi connectivity index (χ1n) is 4.32. The number of rotatable bonds is 4. The molecule has 0 saturated carbocycles. The first-order chi connectivity index (χ1) is 7.38. The monoisotopic (exact) mass is 308 g/mol. The summed E-state index contributed by atoms with van der Waals surface area (Å²) in [4.78, 5) is 9.66. The molecule has 0 aromatic heterocycles. The van der Waals surface area contributed by atoms with Crippen LogP contribution in [0.1, 0.15) is 6.92 Å². The number of nitrogens with zero attached hydrogens (tertiary/aromatic N) is 1. The van der Waals surface area contributed by atoms with E-state index < -0.39 is 20.6 Å². The van der Waals surface area contributed by atoms with Gasteiger partial charge in [0.05, 0.1) is 4.92 Å². The van der Waals surface area contributed by atoms with Crippen molar-refractivity contribution in [2.75, 3.05) is 6.54 Å². The van der Waals surface area contributed by atoms with Crippen molar-refractivity contribution in [2.45, 2.75) is 11.8 Å². The van der Waals surface area contributed by atoms with Crippen molar-refractivity contribution < 1.29 is 13.3 Å². The maximum absolute atomic E-state index is 11.6. The van der Waals surface area contributed by atoms with Crippen LogP contribution in [0.2, 0.25) is 0 Å². The van der Waals surface area contributed by atoms with E-state index in [0.29, 0.717) is 4.47 Å². The molecule has 0 amide bonds. The van der Waals surface area contributed by atoms with Gasteiger partial charge in [-0.15, -0.1) is 0 Å². The lowest BCUT2D eigenvalue weighted by Crippen LogP contribution is -2.23. The summed E-state index contributed by atoms with van der Waals surface area (Å²) >= 11 is 3.05. The lowest BCUT2D eigenvalue weighted by Gasteiger charge is -2.05. The van der Waals surface area contributed by atoms with Gasteiger partial charge in [0, 0.05) is 17.1 Å². The third-order valence-corrected chi connectivity index (χ3v) is 3.83. The zero-order valence-electron chi connectivity index (χ0n) is 8.31. The van der Waals surface area contributed by atoms with Crippen LogP contribution in [-0.4, -0.2) is 19.9 Å². The number of sulfonamides is 1. The van der Waals surface area contributed by atoms with Gasteiger partial charge in [-0.05, 0) is 12.1 Å². The smallest absolute Gasteiger partial charge is 0.258 e. The number of nitrogens with one attached hydrogen (secondary N) is 1. The quantitative estimate of drug-likeness (QED) is 0.676. The van der Waals surface area contributed by atoms with Crippen molar-refractivity contribution in [3.8, 4) is 0 Å². The molecule has 0 spiro atoms. The fourth-order valence-electron chi connectivity index (χ4n) is 1.13. The van der Waals surface area contributed by atoms with Gasteiger partial charge in [0.25, 0.3) is 5.69 Å². The van der Waals surface area contributed by atoms with E-state index in [1.807, 2.05) is 0 Å². The molecule has 1 aromatic rings. The largest absolute Gasteiger partial charge is 0.290 e. The molecule has 0 aliphatic heterocycles. The summed E-state index contributed by atoms with van der Waals surface area (Å²) in [6, 6.07) is 3.79. The third kappa shape index (κ3) is 2.77. The van der Waals surface area contributed by atoms with Gasteiger partial charge in [-0.25, -0.2) is 13.1 Å². The zero-order valence-corrected chi connectivity index (χ0v) is 10.7. The summed E-state index contributed by atoms with van der Waals surface area (Å²) in [6.07, 6.45) is 0. The number of nitro groups is 1. The first-order valence-corrected chi connectivity index (χ1v) is 6.59. The predicted molar refractivity (Wildman–Crippen MR) is 61.7 cm³/mol. The van der Waals surface area contributed by atoms with Crippen LogP contribution in [0.25, 0.3) is 0 Å². The highest BCUT2D eigenvalue weighted by Crippen LogP contribution is 2.26. The average Bonchev–Trinajstić information content (AvgIpc) is 2.16. The fourth-order valence-corrected chi connectivity index (χ4v) is 2.67. The molecule has 1 N–H and O–H groups in total. The van der Waals surface area contributed by atoms with Gasteiger partial charge in [0.2, 0.25) is 10.0 Å². The second kappa shape index (κ2) is 4.89. The third-order valence-electron chi connectivity index (χ3n) is 1.74. The van der Waals surface area contributed by atoms with Crippen molar-refractivity contribution >= 4 is 31.6 Å². The molecule has 0 aliphatic rings. The molecule has 8 heteroatoms. The van der Waals surface area contributed by atoms with E-state index in [9.17, 15) is 18.5 Å². The van der Waals surface area contributed by atoms with Crippen molar-refractivity contribution in [1.82, 2.24) is 4.72 Å². The molecule has 0 unspecified atom stereocenters. The Hall–Kier alpha value is -0.990. The van der Waals surface area contributed by atoms with Crippen LogP contribution < -0.4 is 4.72 Å². The van der Waals surface area contributed by atoms with Gasteiger partial charge < -0.3 is 0 Å². The van der Waals surface area contributed by atoms with Crippen molar-refractivity contribution in [1.29, 1.82) is 0 Å². The van der Waals surface area contributed by atoms with Gasteiger partial charge in [0.15, 0.2) is 4.90 Å². The molecule has 88 valence electrons. The van der Waals surface area contributed by atoms with Gasteiger partial charge in [-0.3, -0.25) is 10.1 Å². The average molecular weight is 309 g/mol. The van der Waals surface area contributed by atoms with Crippen LogP contribution in [0, 0.1) is 10.1 Å². The Morgan fingerprint density at radius 2 is 2.12 bits per heavy atom. The summed E-state index contributed by atoms with van der Waals surface area (Å²) in [7, 11) is -3.82. The van der Waals surface area contributed by atoms with Crippen LogP contribution in [0.4, 0.5) is 5.69 Å². The SMILES string of the molecule is CCNS(=O)(=O)c1ccc(Br)cc1[N+](=O)[O-]. The summed E-state index contributed by atoms with van der Waals surface area (Å²) in [5, 5.41) is 10.7.